The Hall–Kier alpha value is -0.570. The fraction of sp³-hybridized carbons (Fsp3) is 0.917. The highest BCUT2D eigenvalue weighted by Gasteiger charge is 2.44. The van der Waals surface area contributed by atoms with Gasteiger partial charge in [0, 0.05) is 13.6 Å². The van der Waals surface area contributed by atoms with Crippen LogP contribution in [0.3, 0.4) is 0 Å². The van der Waals surface area contributed by atoms with Gasteiger partial charge in [0.2, 0.25) is 5.91 Å². The van der Waals surface area contributed by atoms with Gasteiger partial charge < -0.3 is 9.80 Å². The second kappa shape index (κ2) is 4.12. The standard InChI is InChI=1S/C12H22N2O/c1-3-14-9-6-12(7-10-14)5-4-8-13(2)11(12)15/h3-10H2,1-2H3. The smallest absolute Gasteiger partial charge is 0.228 e. The average molecular weight is 210 g/mol. The van der Waals surface area contributed by atoms with E-state index >= 15 is 0 Å². The lowest BCUT2D eigenvalue weighted by atomic mass is 9.72. The lowest BCUT2D eigenvalue weighted by Gasteiger charge is -2.45. The van der Waals surface area contributed by atoms with Crippen molar-refractivity contribution in [3.05, 3.63) is 0 Å². The molecule has 0 atom stereocenters. The Labute approximate surface area is 92.4 Å². The number of nitrogens with zero attached hydrogens (tertiary/aromatic N) is 2. The van der Waals surface area contributed by atoms with Gasteiger partial charge in [0.05, 0.1) is 5.41 Å². The summed E-state index contributed by atoms with van der Waals surface area (Å²) < 4.78 is 0. The maximum absolute atomic E-state index is 12.2. The predicted molar refractivity (Wildman–Crippen MR) is 60.7 cm³/mol. The van der Waals surface area contributed by atoms with E-state index in [1.807, 2.05) is 11.9 Å². The number of rotatable bonds is 1. The maximum Gasteiger partial charge on any atom is 0.228 e. The Morgan fingerprint density at radius 1 is 1.20 bits per heavy atom. The first kappa shape index (κ1) is 10.9. The summed E-state index contributed by atoms with van der Waals surface area (Å²) in [5.41, 5.74) is 0.0126. The molecule has 0 N–H and O–H groups in total. The molecule has 0 aromatic heterocycles. The monoisotopic (exact) mass is 210 g/mol. The van der Waals surface area contributed by atoms with Crippen LogP contribution in [0.2, 0.25) is 0 Å². The van der Waals surface area contributed by atoms with Crippen LogP contribution in [0.1, 0.15) is 32.6 Å². The third-order valence-electron chi connectivity index (χ3n) is 4.21. The van der Waals surface area contributed by atoms with Gasteiger partial charge in [-0.25, -0.2) is 0 Å². The molecular formula is C12H22N2O. The summed E-state index contributed by atoms with van der Waals surface area (Å²) in [5, 5.41) is 0. The van der Waals surface area contributed by atoms with Crippen LogP contribution in [0, 0.1) is 5.41 Å². The van der Waals surface area contributed by atoms with Crippen molar-refractivity contribution < 1.29 is 4.79 Å². The first-order chi connectivity index (χ1) is 7.18. The highest BCUT2D eigenvalue weighted by Crippen LogP contribution is 2.40. The van der Waals surface area contributed by atoms with Crippen molar-refractivity contribution in [1.29, 1.82) is 0 Å². The third kappa shape index (κ3) is 1.89. The van der Waals surface area contributed by atoms with Crippen LogP contribution in [-0.4, -0.2) is 48.9 Å². The van der Waals surface area contributed by atoms with E-state index in [0.717, 1.165) is 45.4 Å². The van der Waals surface area contributed by atoms with Gasteiger partial charge in [0.25, 0.3) is 0 Å². The van der Waals surface area contributed by atoms with Crippen molar-refractivity contribution in [2.75, 3.05) is 33.2 Å². The van der Waals surface area contributed by atoms with Gasteiger partial charge in [-0.1, -0.05) is 6.92 Å². The highest BCUT2D eigenvalue weighted by molar-refractivity contribution is 5.83. The number of hydrogen-bond donors (Lipinski definition) is 0. The van der Waals surface area contributed by atoms with Crippen LogP contribution in [0.5, 0.6) is 0 Å². The predicted octanol–water partition coefficient (Wildman–Crippen LogP) is 1.34. The molecule has 0 unspecified atom stereocenters. The van der Waals surface area contributed by atoms with Crippen LogP contribution < -0.4 is 0 Å². The fourth-order valence-electron chi connectivity index (χ4n) is 3.03. The second-order valence-electron chi connectivity index (χ2n) is 5.04. The summed E-state index contributed by atoms with van der Waals surface area (Å²) in [4.78, 5) is 16.6. The minimum Gasteiger partial charge on any atom is -0.345 e. The third-order valence-corrected chi connectivity index (χ3v) is 4.21. The molecule has 2 aliphatic rings. The average Bonchev–Trinajstić information content (AvgIpc) is 2.27. The topological polar surface area (TPSA) is 23.6 Å². The molecule has 0 aromatic carbocycles. The van der Waals surface area contributed by atoms with E-state index in [9.17, 15) is 4.79 Å². The first-order valence-corrected chi connectivity index (χ1v) is 6.16. The van der Waals surface area contributed by atoms with Crippen molar-refractivity contribution in [2.45, 2.75) is 32.6 Å². The molecule has 3 heteroatoms. The van der Waals surface area contributed by atoms with Crippen LogP contribution >= 0.6 is 0 Å². The van der Waals surface area contributed by atoms with Crippen molar-refractivity contribution >= 4 is 5.91 Å². The summed E-state index contributed by atoms with van der Waals surface area (Å²) in [5.74, 6) is 0.407. The molecule has 2 rings (SSSR count). The lowest BCUT2D eigenvalue weighted by Crippen LogP contribution is -2.52. The minimum atomic E-state index is 0.0126. The highest BCUT2D eigenvalue weighted by atomic mass is 16.2. The van der Waals surface area contributed by atoms with Crippen molar-refractivity contribution in [3.8, 4) is 0 Å². The van der Waals surface area contributed by atoms with Crippen LogP contribution in [0.4, 0.5) is 0 Å². The molecule has 0 radical (unpaired) electrons. The molecule has 2 fully saturated rings. The summed E-state index contributed by atoms with van der Waals surface area (Å²) >= 11 is 0. The van der Waals surface area contributed by atoms with Crippen molar-refractivity contribution in [1.82, 2.24) is 9.80 Å². The first-order valence-electron chi connectivity index (χ1n) is 6.16. The number of likely N-dealkylation sites (tertiary alicyclic amines) is 2. The van der Waals surface area contributed by atoms with Crippen LogP contribution in [0.25, 0.3) is 0 Å². The molecule has 86 valence electrons. The van der Waals surface area contributed by atoms with Gasteiger partial charge in [0.15, 0.2) is 0 Å². The lowest BCUT2D eigenvalue weighted by molar-refractivity contribution is -0.148. The Morgan fingerprint density at radius 3 is 2.47 bits per heavy atom. The number of amides is 1. The molecule has 0 bridgehead atoms. The summed E-state index contributed by atoms with van der Waals surface area (Å²) in [6, 6.07) is 0. The van der Waals surface area contributed by atoms with E-state index in [2.05, 4.69) is 11.8 Å². The molecule has 15 heavy (non-hydrogen) atoms. The normalized spacial score (nSPS) is 27.3. The Bertz CT molecular complexity index is 244. The van der Waals surface area contributed by atoms with Gasteiger partial charge >= 0.3 is 0 Å². The zero-order chi connectivity index (χ0) is 10.9. The van der Waals surface area contributed by atoms with E-state index in [1.54, 1.807) is 0 Å². The van der Waals surface area contributed by atoms with Gasteiger partial charge in [-0.2, -0.15) is 0 Å². The van der Waals surface area contributed by atoms with E-state index in [1.165, 1.54) is 6.42 Å². The zero-order valence-corrected chi connectivity index (χ0v) is 9.96. The summed E-state index contributed by atoms with van der Waals surface area (Å²) in [6.45, 7) is 6.50. The number of carbonyl (C=O) groups excluding carboxylic acids is 1. The number of carbonyl (C=O) groups is 1. The molecule has 1 amide bonds. The molecule has 0 aromatic rings. The molecule has 0 aliphatic carbocycles. The largest absolute Gasteiger partial charge is 0.345 e. The summed E-state index contributed by atoms with van der Waals surface area (Å²) in [6.07, 6.45) is 4.45. The van der Waals surface area contributed by atoms with E-state index in [4.69, 9.17) is 0 Å². The number of piperidine rings is 2. The van der Waals surface area contributed by atoms with Gasteiger partial charge in [-0.3, -0.25) is 4.79 Å². The molecule has 2 aliphatic heterocycles. The molecule has 3 nitrogen and oxygen atoms in total. The SMILES string of the molecule is CCN1CCC2(CCCN(C)C2=O)CC1. The fourth-order valence-corrected chi connectivity index (χ4v) is 3.03. The summed E-state index contributed by atoms with van der Waals surface area (Å²) in [7, 11) is 1.95. The van der Waals surface area contributed by atoms with Gasteiger partial charge in [-0.15, -0.1) is 0 Å². The Kier molecular flexibility index (Phi) is 3.01. The molecule has 2 heterocycles. The zero-order valence-electron chi connectivity index (χ0n) is 9.96. The molecule has 1 spiro atoms. The van der Waals surface area contributed by atoms with Gasteiger partial charge in [-0.05, 0) is 45.3 Å². The Morgan fingerprint density at radius 2 is 1.87 bits per heavy atom. The molecule has 2 saturated heterocycles. The Balaban J connectivity index is 2.04. The number of hydrogen-bond acceptors (Lipinski definition) is 2. The van der Waals surface area contributed by atoms with Crippen LogP contribution in [0.15, 0.2) is 0 Å². The maximum atomic E-state index is 12.2. The van der Waals surface area contributed by atoms with E-state index < -0.39 is 0 Å². The van der Waals surface area contributed by atoms with Crippen molar-refractivity contribution in [2.24, 2.45) is 5.41 Å². The molecular weight excluding hydrogens is 188 g/mol. The van der Waals surface area contributed by atoms with E-state index in [-0.39, 0.29) is 5.41 Å². The van der Waals surface area contributed by atoms with Gasteiger partial charge in [0.1, 0.15) is 0 Å². The van der Waals surface area contributed by atoms with E-state index in [0.29, 0.717) is 5.91 Å². The quantitative estimate of drug-likeness (QED) is 0.652. The van der Waals surface area contributed by atoms with Crippen molar-refractivity contribution in [3.63, 3.8) is 0 Å². The van der Waals surface area contributed by atoms with Crippen LogP contribution in [-0.2, 0) is 4.79 Å². The second-order valence-corrected chi connectivity index (χ2v) is 5.04. The molecule has 0 saturated carbocycles. The minimum absolute atomic E-state index is 0.0126.